The smallest absolute Gasteiger partial charge is 0.346 e. The minimum absolute atomic E-state index is 0.0160. The Morgan fingerprint density at radius 1 is 1.53 bits per heavy atom. The molecule has 0 aliphatic heterocycles. The first-order chi connectivity index (χ1) is 7.04. The minimum Gasteiger partial charge on any atom is -0.476 e. The molecule has 1 aromatic carbocycles. The summed E-state index contributed by atoms with van der Waals surface area (Å²) in [5.74, 6) is -1.05. The van der Waals surface area contributed by atoms with Gasteiger partial charge in [-0.2, -0.15) is 0 Å². The second kappa shape index (κ2) is 5.11. The maximum atomic E-state index is 13.2. The van der Waals surface area contributed by atoms with E-state index < -0.39 is 17.9 Å². The highest BCUT2D eigenvalue weighted by Gasteiger charge is 2.16. The highest BCUT2D eigenvalue weighted by atomic mass is 79.9. The van der Waals surface area contributed by atoms with Crippen molar-refractivity contribution in [2.24, 2.45) is 0 Å². The standard InChI is InChI=1S/C10H10BrFO3/c1-6(10(13)14-2)15-9-5-7(11)3-4-8(9)12/h3-6H,1-2H3/t6-/m1/s1. The number of hydrogen-bond donors (Lipinski definition) is 0. The second-order valence-corrected chi connectivity index (χ2v) is 3.77. The molecule has 1 rings (SSSR count). The molecule has 0 aromatic heterocycles. The van der Waals surface area contributed by atoms with Crippen molar-refractivity contribution >= 4 is 21.9 Å². The summed E-state index contributed by atoms with van der Waals surface area (Å²) < 4.78 is 23.4. The Kier molecular flexibility index (Phi) is 4.08. The number of esters is 1. The van der Waals surface area contributed by atoms with Crippen LogP contribution in [0.2, 0.25) is 0 Å². The molecule has 0 saturated carbocycles. The molecule has 0 N–H and O–H groups in total. The van der Waals surface area contributed by atoms with Gasteiger partial charge < -0.3 is 9.47 Å². The zero-order valence-electron chi connectivity index (χ0n) is 8.29. The fraction of sp³-hybridized carbons (Fsp3) is 0.300. The van der Waals surface area contributed by atoms with Crippen LogP contribution in [0.4, 0.5) is 4.39 Å². The molecule has 0 aliphatic carbocycles. The third-order valence-electron chi connectivity index (χ3n) is 1.73. The van der Waals surface area contributed by atoms with Crippen molar-refractivity contribution in [3.63, 3.8) is 0 Å². The Bertz CT molecular complexity index is 368. The van der Waals surface area contributed by atoms with E-state index in [1.807, 2.05) is 0 Å². The van der Waals surface area contributed by atoms with Gasteiger partial charge in [0.1, 0.15) is 0 Å². The molecule has 3 nitrogen and oxygen atoms in total. The lowest BCUT2D eigenvalue weighted by molar-refractivity contribution is -0.148. The number of benzene rings is 1. The van der Waals surface area contributed by atoms with Crippen molar-refractivity contribution in [3.05, 3.63) is 28.5 Å². The first-order valence-corrected chi connectivity index (χ1v) is 5.03. The van der Waals surface area contributed by atoms with Gasteiger partial charge in [-0.25, -0.2) is 9.18 Å². The summed E-state index contributed by atoms with van der Waals surface area (Å²) in [5.41, 5.74) is 0. The highest BCUT2D eigenvalue weighted by molar-refractivity contribution is 9.10. The quantitative estimate of drug-likeness (QED) is 0.796. The van der Waals surface area contributed by atoms with E-state index in [0.717, 1.165) is 0 Å². The van der Waals surface area contributed by atoms with Crippen LogP contribution in [-0.2, 0) is 9.53 Å². The van der Waals surface area contributed by atoms with Crippen molar-refractivity contribution < 1.29 is 18.7 Å². The topological polar surface area (TPSA) is 35.5 Å². The van der Waals surface area contributed by atoms with Gasteiger partial charge in [-0.1, -0.05) is 15.9 Å². The van der Waals surface area contributed by atoms with Crippen LogP contribution < -0.4 is 4.74 Å². The van der Waals surface area contributed by atoms with Crippen molar-refractivity contribution in [1.82, 2.24) is 0 Å². The van der Waals surface area contributed by atoms with Crippen LogP contribution in [0.5, 0.6) is 5.75 Å². The SMILES string of the molecule is COC(=O)[C@@H](C)Oc1cc(Br)ccc1F. The lowest BCUT2D eigenvalue weighted by atomic mass is 10.3. The van der Waals surface area contributed by atoms with Gasteiger partial charge in [0, 0.05) is 4.47 Å². The summed E-state index contributed by atoms with van der Waals surface area (Å²) in [6, 6.07) is 4.25. The predicted molar refractivity (Wildman–Crippen MR) is 56.2 cm³/mol. The van der Waals surface area contributed by atoms with Gasteiger partial charge >= 0.3 is 5.97 Å². The zero-order valence-corrected chi connectivity index (χ0v) is 9.88. The van der Waals surface area contributed by atoms with Gasteiger partial charge in [0.15, 0.2) is 17.7 Å². The molecule has 0 fully saturated rings. The molecule has 1 atom stereocenters. The van der Waals surface area contributed by atoms with Crippen LogP contribution in [0.1, 0.15) is 6.92 Å². The molecule has 0 radical (unpaired) electrons. The van der Waals surface area contributed by atoms with Crippen molar-refractivity contribution in [3.8, 4) is 5.75 Å². The molecular weight excluding hydrogens is 267 g/mol. The normalized spacial score (nSPS) is 12.0. The molecular formula is C10H10BrFO3. The number of methoxy groups -OCH3 is 1. The van der Waals surface area contributed by atoms with Gasteiger partial charge in [-0.3, -0.25) is 0 Å². The van der Waals surface area contributed by atoms with Gasteiger partial charge in [-0.05, 0) is 25.1 Å². The largest absolute Gasteiger partial charge is 0.476 e. The molecule has 5 heteroatoms. The van der Waals surface area contributed by atoms with Gasteiger partial charge in [0.25, 0.3) is 0 Å². The summed E-state index contributed by atoms with van der Waals surface area (Å²) >= 11 is 3.18. The molecule has 0 aliphatic rings. The van der Waals surface area contributed by atoms with Crippen LogP contribution in [0.3, 0.4) is 0 Å². The number of rotatable bonds is 3. The molecule has 0 spiro atoms. The van der Waals surface area contributed by atoms with E-state index in [0.29, 0.717) is 4.47 Å². The van der Waals surface area contributed by atoms with E-state index in [4.69, 9.17) is 4.74 Å². The monoisotopic (exact) mass is 276 g/mol. The van der Waals surface area contributed by atoms with E-state index in [1.54, 1.807) is 6.07 Å². The van der Waals surface area contributed by atoms with Gasteiger partial charge in [0.2, 0.25) is 0 Å². The maximum absolute atomic E-state index is 13.2. The molecule has 0 bridgehead atoms. The summed E-state index contributed by atoms with van der Waals surface area (Å²) in [6.07, 6.45) is -0.834. The Hall–Kier alpha value is -1.10. The fourth-order valence-corrected chi connectivity index (χ4v) is 1.31. The Labute approximate surface area is 95.3 Å². The molecule has 15 heavy (non-hydrogen) atoms. The zero-order chi connectivity index (χ0) is 11.4. The lowest BCUT2D eigenvalue weighted by Gasteiger charge is -2.12. The molecule has 0 heterocycles. The first kappa shape index (κ1) is 12.0. The van der Waals surface area contributed by atoms with Crippen LogP contribution >= 0.6 is 15.9 Å². The van der Waals surface area contributed by atoms with Crippen LogP contribution in [0.25, 0.3) is 0 Å². The van der Waals surface area contributed by atoms with Crippen LogP contribution in [-0.4, -0.2) is 19.2 Å². The van der Waals surface area contributed by atoms with Crippen LogP contribution in [0.15, 0.2) is 22.7 Å². The molecule has 0 amide bonds. The van der Waals surface area contributed by atoms with Gasteiger partial charge in [0.05, 0.1) is 7.11 Å². The minimum atomic E-state index is -0.834. The number of hydrogen-bond acceptors (Lipinski definition) is 3. The Balaban J connectivity index is 2.80. The summed E-state index contributed by atoms with van der Waals surface area (Å²) in [5, 5.41) is 0. The molecule has 82 valence electrons. The molecule has 0 saturated heterocycles. The second-order valence-electron chi connectivity index (χ2n) is 2.86. The van der Waals surface area contributed by atoms with E-state index in [-0.39, 0.29) is 5.75 Å². The van der Waals surface area contributed by atoms with Crippen molar-refractivity contribution in [2.45, 2.75) is 13.0 Å². The lowest BCUT2D eigenvalue weighted by Crippen LogP contribution is -2.25. The van der Waals surface area contributed by atoms with E-state index >= 15 is 0 Å². The predicted octanol–water partition coefficient (Wildman–Crippen LogP) is 2.53. The third-order valence-corrected chi connectivity index (χ3v) is 2.22. The summed E-state index contributed by atoms with van der Waals surface area (Å²) in [6.45, 7) is 1.49. The third kappa shape index (κ3) is 3.20. The number of ether oxygens (including phenoxy) is 2. The summed E-state index contributed by atoms with van der Waals surface area (Å²) in [4.78, 5) is 11.0. The number of carbonyl (C=O) groups is 1. The average molecular weight is 277 g/mol. The Morgan fingerprint density at radius 2 is 2.20 bits per heavy atom. The van der Waals surface area contributed by atoms with E-state index in [9.17, 15) is 9.18 Å². The fourth-order valence-electron chi connectivity index (χ4n) is 0.972. The maximum Gasteiger partial charge on any atom is 0.346 e. The highest BCUT2D eigenvalue weighted by Crippen LogP contribution is 2.23. The van der Waals surface area contributed by atoms with Crippen LogP contribution in [0, 0.1) is 5.82 Å². The molecule has 0 unspecified atom stereocenters. The Morgan fingerprint density at radius 3 is 2.80 bits per heavy atom. The van der Waals surface area contributed by atoms with E-state index in [2.05, 4.69) is 20.7 Å². The molecule has 1 aromatic rings. The van der Waals surface area contributed by atoms with Crippen molar-refractivity contribution in [1.29, 1.82) is 0 Å². The number of halogens is 2. The van der Waals surface area contributed by atoms with Gasteiger partial charge in [-0.15, -0.1) is 0 Å². The first-order valence-electron chi connectivity index (χ1n) is 4.24. The van der Waals surface area contributed by atoms with E-state index in [1.165, 1.54) is 26.2 Å². The number of carbonyl (C=O) groups excluding carboxylic acids is 1. The summed E-state index contributed by atoms with van der Waals surface area (Å²) in [7, 11) is 1.25. The van der Waals surface area contributed by atoms with Crippen molar-refractivity contribution in [2.75, 3.05) is 7.11 Å². The average Bonchev–Trinajstić information content (AvgIpc) is 2.22.